The van der Waals surface area contributed by atoms with E-state index in [1.165, 1.54) is 6.21 Å². The fraction of sp³-hybridized carbons (Fsp3) is 0.0909. The molecule has 0 spiro atoms. The highest BCUT2D eigenvalue weighted by molar-refractivity contribution is 6.04. The second-order valence-corrected chi connectivity index (χ2v) is 2.61. The average Bonchev–Trinajstić information content (AvgIpc) is 2.25. The molecule has 1 radical (unpaired) electrons. The van der Waals surface area contributed by atoms with E-state index in [2.05, 4.69) is 11.9 Å². The van der Waals surface area contributed by atoms with Gasteiger partial charge in [0.05, 0.1) is 5.56 Å². The Hall–Kier alpha value is -1.77. The number of rotatable bonds is 3. The molecule has 1 rings (SSSR count). The molecule has 0 saturated carbocycles. The van der Waals surface area contributed by atoms with Crippen LogP contribution in [0.1, 0.15) is 27.1 Å². The van der Waals surface area contributed by atoms with Gasteiger partial charge in [-0.15, -0.1) is 0 Å². The van der Waals surface area contributed by atoms with E-state index < -0.39 is 5.91 Å². The van der Waals surface area contributed by atoms with E-state index in [1.807, 2.05) is 0 Å². The van der Waals surface area contributed by atoms with Crippen molar-refractivity contribution in [2.45, 2.75) is 6.42 Å². The summed E-state index contributed by atoms with van der Waals surface area (Å²) in [5.74, 6) is -0.406. The van der Waals surface area contributed by atoms with Gasteiger partial charge in [0.2, 0.25) is 0 Å². The molecule has 1 amide bonds. The third-order valence-electron chi connectivity index (χ3n) is 1.66. The Morgan fingerprint density at radius 1 is 1.43 bits per heavy atom. The van der Waals surface area contributed by atoms with Gasteiger partial charge in [-0.05, 0) is 19.4 Å². The molecule has 0 heterocycles. The summed E-state index contributed by atoms with van der Waals surface area (Å²) in [5, 5.41) is 0. The molecule has 0 saturated heterocycles. The van der Waals surface area contributed by atoms with Crippen LogP contribution in [0.25, 0.3) is 0 Å². The molecule has 0 aromatic heterocycles. The zero-order valence-corrected chi connectivity index (χ0v) is 7.64. The van der Waals surface area contributed by atoms with Crippen molar-refractivity contribution in [2.75, 3.05) is 0 Å². The van der Waals surface area contributed by atoms with E-state index >= 15 is 0 Å². The SMILES string of the molecule is [CH2]CC=NC(=O)c1ccccc1C=O. The average molecular weight is 188 g/mol. The molecule has 14 heavy (non-hydrogen) atoms. The summed E-state index contributed by atoms with van der Waals surface area (Å²) < 4.78 is 0. The van der Waals surface area contributed by atoms with Crippen molar-refractivity contribution < 1.29 is 9.59 Å². The minimum absolute atomic E-state index is 0.326. The van der Waals surface area contributed by atoms with Crippen molar-refractivity contribution in [2.24, 2.45) is 4.99 Å². The van der Waals surface area contributed by atoms with Crippen molar-refractivity contribution in [1.82, 2.24) is 0 Å². The van der Waals surface area contributed by atoms with Gasteiger partial charge in [-0.1, -0.05) is 18.2 Å². The van der Waals surface area contributed by atoms with E-state index in [9.17, 15) is 9.59 Å². The standard InChI is InChI=1S/C11H10NO2/c1-2-7-12-11(14)10-6-4-3-5-9(10)8-13/h3-8H,1-2H2. The molecule has 0 bridgehead atoms. The normalized spacial score (nSPS) is 10.4. The summed E-state index contributed by atoms with van der Waals surface area (Å²) in [4.78, 5) is 25.6. The maximum Gasteiger partial charge on any atom is 0.277 e. The molecular formula is C11H10NO2. The second-order valence-electron chi connectivity index (χ2n) is 2.61. The van der Waals surface area contributed by atoms with E-state index in [-0.39, 0.29) is 0 Å². The summed E-state index contributed by atoms with van der Waals surface area (Å²) >= 11 is 0. The number of carbonyl (C=O) groups excluding carboxylic acids is 2. The highest BCUT2D eigenvalue weighted by Gasteiger charge is 2.07. The molecule has 0 fully saturated rings. The molecule has 3 nitrogen and oxygen atoms in total. The molecule has 1 aromatic carbocycles. The van der Waals surface area contributed by atoms with E-state index in [0.717, 1.165) is 0 Å². The van der Waals surface area contributed by atoms with Gasteiger partial charge in [0, 0.05) is 11.8 Å². The Labute approximate surface area is 82.5 Å². The number of aliphatic imine (C=N–C) groups is 1. The first-order valence-electron chi connectivity index (χ1n) is 4.20. The monoisotopic (exact) mass is 188 g/mol. The number of aldehydes is 1. The summed E-state index contributed by atoms with van der Waals surface area (Å²) in [6.07, 6.45) is 2.52. The van der Waals surface area contributed by atoms with Crippen LogP contribution in [0.2, 0.25) is 0 Å². The van der Waals surface area contributed by atoms with Gasteiger partial charge in [0.25, 0.3) is 5.91 Å². The molecule has 0 unspecified atom stereocenters. The lowest BCUT2D eigenvalue weighted by atomic mass is 10.1. The highest BCUT2D eigenvalue weighted by atomic mass is 16.1. The maximum atomic E-state index is 11.4. The lowest BCUT2D eigenvalue weighted by molar-refractivity contribution is 0.0996. The minimum Gasteiger partial charge on any atom is -0.298 e. The number of hydrogen-bond acceptors (Lipinski definition) is 2. The molecular weight excluding hydrogens is 178 g/mol. The zero-order chi connectivity index (χ0) is 10.4. The Morgan fingerprint density at radius 2 is 2.14 bits per heavy atom. The summed E-state index contributed by atoms with van der Waals surface area (Å²) in [5.41, 5.74) is 0.686. The molecule has 0 N–H and O–H groups in total. The summed E-state index contributed by atoms with van der Waals surface area (Å²) in [6.45, 7) is 3.52. The molecule has 1 aromatic rings. The van der Waals surface area contributed by atoms with Crippen LogP contribution in [-0.4, -0.2) is 18.4 Å². The predicted octanol–water partition coefficient (Wildman–Crippen LogP) is 1.93. The van der Waals surface area contributed by atoms with Crippen molar-refractivity contribution in [1.29, 1.82) is 0 Å². The number of hydrogen-bond donors (Lipinski definition) is 0. The van der Waals surface area contributed by atoms with Gasteiger partial charge in [0.15, 0.2) is 6.29 Å². The second kappa shape index (κ2) is 5.07. The minimum atomic E-state index is -0.406. The first kappa shape index (κ1) is 10.3. The summed E-state index contributed by atoms with van der Waals surface area (Å²) in [6, 6.07) is 6.55. The Kier molecular flexibility index (Phi) is 3.73. The van der Waals surface area contributed by atoms with Crippen LogP contribution >= 0.6 is 0 Å². The van der Waals surface area contributed by atoms with Gasteiger partial charge in [-0.2, -0.15) is 0 Å². The quantitative estimate of drug-likeness (QED) is 0.537. The van der Waals surface area contributed by atoms with Crippen LogP contribution in [0.4, 0.5) is 0 Å². The van der Waals surface area contributed by atoms with Gasteiger partial charge in [0.1, 0.15) is 0 Å². The fourth-order valence-electron chi connectivity index (χ4n) is 1.01. The largest absolute Gasteiger partial charge is 0.298 e. The van der Waals surface area contributed by atoms with Gasteiger partial charge >= 0.3 is 0 Å². The number of carbonyl (C=O) groups is 2. The van der Waals surface area contributed by atoms with Crippen molar-refractivity contribution in [3.8, 4) is 0 Å². The molecule has 0 atom stereocenters. The van der Waals surface area contributed by atoms with E-state index in [0.29, 0.717) is 23.8 Å². The third kappa shape index (κ3) is 2.36. The first-order chi connectivity index (χ1) is 6.79. The van der Waals surface area contributed by atoms with Crippen LogP contribution < -0.4 is 0 Å². The lowest BCUT2D eigenvalue weighted by Gasteiger charge is -1.97. The first-order valence-corrected chi connectivity index (χ1v) is 4.20. The van der Waals surface area contributed by atoms with Crippen molar-refractivity contribution in [3.63, 3.8) is 0 Å². The zero-order valence-electron chi connectivity index (χ0n) is 7.64. The third-order valence-corrected chi connectivity index (χ3v) is 1.66. The number of benzene rings is 1. The molecule has 0 aliphatic carbocycles. The smallest absolute Gasteiger partial charge is 0.277 e. The Bertz CT molecular complexity index is 369. The van der Waals surface area contributed by atoms with Crippen LogP contribution in [-0.2, 0) is 0 Å². The van der Waals surface area contributed by atoms with Crippen LogP contribution in [0, 0.1) is 6.92 Å². The van der Waals surface area contributed by atoms with Gasteiger partial charge < -0.3 is 0 Å². The topological polar surface area (TPSA) is 46.5 Å². The predicted molar refractivity (Wildman–Crippen MR) is 54.6 cm³/mol. The molecule has 71 valence electrons. The van der Waals surface area contributed by atoms with Gasteiger partial charge in [-0.3, -0.25) is 9.59 Å². The van der Waals surface area contributed by atoms with Crippen LogP contribution in [0.5, 0.6) is 0 Å². The molecule has 0 aliphatic heterocycles. The molecule has 3 heteroatoms. The fourth-order valence-corrected chi connectivity index (χ4v) is 1.01. The van der Waals surface area contributed by atoms with E-state index in [1.54, 1.807) is 24.3 Å². The van der Waals surface area contributed by atoms with Crippen molar-refractivity contribution in [3.05, 3.63) is 42.3 Å². The van der Waals surface area contributed by atoms with E-state index in [4.69, 9.17) is 0 Å². The van der Waals surface area contributed by atoms with Crippen LogP contribution in [0.15, 0.2) is 29.3 Å². The van der Waals surface area contributed by atoms with Crippen molar-refractivity contribution >= 4 is 18.4 Å². The van der Waals surface area contributed by atoms with Crippen LogP contribution in [0.3, 0.4) is 0 Å². The molecule has 0 aliphatic rings. The number of amides is 1. The van der Waals surface area contributed by atoms with Gasteiger partial charge in [-0.25, -0.2) is 4.99 Å². The Morgan fingerprint density at radius 3 is 2.79 bits per heavy atom. The Balaban J connectivity index is 3.00. The number of nitrogens with zero attached hydrogens (tertiary/aromatic N) is 1. The lowest BCUT2D eigenvalue weighted by Crippen LogP contribution is -2.00. The highest BCUT2D eigenvalue weighted by Crippen LogP contribution is 2.07. The maximum absolute atomic E-state index is 11.4. The summed E-state index contributed by atoms with van der Waals surface area (Å²) in [7, 11) is 0.